The lowest BCUT2D eigenvalue weighted by Gasteiger charge is -2.34. The Hall–Kier alpha value is -1.66. The van der Waals surface area contributed by atoms with Crippen molar-refractivity contribution in [3.63, 3.8) is 0 Å². The molecule has 0 unspecified atom stereocenters. The van der Waals surface area contributed by atoms with Crippen LogP contribution in [0, 0.1) is 0 Å². The maximum Gasteiger partial charge on any atom is 0.323 e. The van der Waals surface area contributed by atoms with E-state index in [4.69, 9.17) is 0 Å². The van der Waals surface area contributed by atoms with Gasteiger partial charge in [0.25, 0.3) is 0 Å². The molecule has 122 valence electrons. The van der Waals surface area contributed by atoms with E-state index < -0.39 is 0 Å². The topological polar surface area (TPSA) is 48.5 Å². The molecule has 1 aliphatic heterocycles. The molecule has 1 N–H and O–H groups in total. The summed E-state index contributed by atoms with van der Waals surface area (Å²) in [5, 5.41) is 5.01. The molecule has 3 rings (SSSR count). The molecule has 0 bridgehead atoms. The van der Waals surface area contributed by atoms with Crippen LogP contribution in [-0.2, 0) is 0 Å². The number of piperidine rings is 1. The first kappa shape index (κ1) is 16.2. The Balaban J connectivity index is 1.69. The number of benzene rings is 1. The Morgan fingerprint density at radius 3 is 2.78 bits per heavy atom. The zero-order chi connectivity index (χ0) is 16.4. The molecule has 6 heteroatoms. The van der Waals surface area contributed by atoms with Crippen molar-refractivity contribution in [2.24, 2.45) is 0 Å². The van der Waals surface area contributed by atoms with Gasteiger partial charge in [-0.15, -0.1) is 0 Å². The molecule has 2 heterocycles. The Morgan fingerprint density at radius 1 is 1.30 bits per heavy atom. The fourth-order valence-electron chi connectivity index (χ4n) is 2.93. The molecule has 2 amide bonds. The number of fused-ring (bicyclic) bond motifs is 1. The SMILES string of the molecule is CN1CCC(N(C)C(=O)Nc2cc3cc(Br)ccc3cn2)CC1. The molecule has 1 saturated heterocycles. The summed E-state index contributed by atoms with van der Waals surface area (Å²) in [5.41, 5.74) is 0. The molecular formula is C17H21BrN4O. The number of carbonyl (C=O) groups excluding carboxylic acids is 1. The van der Waals surface area contributed by atoms with Gasteiger partial charge in [-0.1, -0.05) is 22.0 Å². The highest BCUT2D eigenvalue weighted by Crippen LogP contribution is 2.22. The maximum absolute atomic E-state index is 12.4. The van der Waals surface area contributed by atoms with Gasteiger partial charge in [0.1, 0.15) is 5.82 Å². The van der Waals surface area contributed by atoms with Gasteiger partial charge in [-0.25, -0.2) is 9.78 Å². The van der Waals surface area contributed by atoms with Crippen molar-refractivity contribution >= 4 is 38.6 Å². The molecule has 0 atom stereocenters. The average Bonchev–Trinajstić information content (AvgIpc) is 2.54. The zero-order valence-corrected chi connectivity index (χ0v) is 15.0. The minimum absolute atomic E-state index is 0.0959. The number of aromatic nitrogens is 1. The van der Waals surface area contributed by atoms with Gasteiger partial charge in [-0.2, -0.15) is 0 Å². The van der Waals surface area contributed by atoms with Gasteiger partial charge in [0, 0.05) is 29.1 Å². The van der Waals surface area contributed by atoms with E-state index in [1.165, 1.54) is 0 Å². The highest BCUT2D eigenvalue weighted by Gasteiger charge is 2.24. The van der Waals surface area contributed by atoms with E-state index in [0.717, 1.165) is 41.2 Å². The van der Waals surface area contributed by atoms with Crippen LogP contribution < -0.4 is 5.32 Å². The molecule has 1 fully saturated rings. The van der Waals surface area contributed by atoms with E-state index >= 15 is 0 Å². The van der Waals surface area contributed by atoms with Crippen molar-refractivity contribution in [2.45, 2.75) is 18.9 Å². The van der Waals surface area contributed by atoms with Crippen molar-refractivity contribution in [1.29, 1.82) is 0 Å². The van der Waals surface area contributed by atoms with E-state index in [-0.39, 0.29) is 6.03 Å². The number of pyridine rings is 1. The third-order valence-electron chi connectivity index (χ3n) is 4.47. The van der Waals surface area contributed by atoms with Gasteiger partial charge >= 0.3 is 6.03 Å². The second-order valence-corrected chi connectivity index (χ2v) is 7.05. The van der Waals surface area contributed by atoms with Crippen LogP contribution in [-0.4, -0.2) is 54.0 Å². The predicted molar refractivity (Wildman–Crippen MR) is 96.7 cm³/mol. The zero-order valence-electron chi connectivity index (χ0n) is 13.4. The van der Waals surface area contributed by atoms with Gasteiger partial charge in [-0.05, 0) is 56.6 Å². The quantitative estimate of drug-likeness (QED) is 0.871. The summed E-state index contributed by atoms with van der Waals surface area (Å²) in [5.74, 6) is 0.584. The summed E-state index contributed by atoms with van der Waals surface area (Å²) in [7, 11) is 3.98. The Bertz CT molecular complexity index is 713. The fraction of sp³-hybridized carbons (Fsp3) is 0.412. The number of amides is 2. The average molecular weight is 377 g/mol. The first-order chi connectivity index (χ1) is 11.0. The van der Waals surface area contributed by atoms with Crippen molar-refractivity contribution in [1.82, 2.24) is 14.8 Å². The first-order valence-electron chi connectivity index (χ1n) is 7.80. The normalized spacial score (nSPS) is 16.5. The lowest BCUT2D eigenvalue weighted by atomic mass is 10.0. The number of halogens is 1. The largest absolute Gasteiger partial charge is 0.324 e. The molecule has 23 heavy (non-hydrogen) atoms. The van der Waals surface area contributed by atoms with Crippen LogP contribution in [0.1, 0.15) is 12.8 Å². The highest BCUT2D eigenvalue weighted by atomic mass is 79.9. The molecule has 2 aromatic rings. The minimum atomic E-state index is -0.0959. The standard InChI is InChI=1S/C17H21BrN4O/c1-21-7-5-15(6-8-21)22(2)17(23)20-16-10-13-9-14(18)4-3-12(13)11-19-16/h3-4,9-11,15H,5-8H2,1-2H3,(H,19,20,23). The maximum atomic E-state index is 12.4. The van der Waals surface area contributed by atoms with Crippen molar-refractivity contribution in [2.75, 3.05) is 32.5 Å². The van der Waals surface area contributed by atoms with Crippen LogP contribution >= 0.6 is 15.9 Å². The van der Waals surface area contributed by atoms with Crippen LogP contribution in [0.15, 0.2) is 34.9 Å². The van der Waals surface area contributed by atoms with Crippen LogP contribution in [0.4, 0.5) is 10.6 Å². The van der Waals surface area contributed by atoms with E-state index in [1.54, 1.807) is 11.1 Å². The summed E-state index contributed by atoms with van der Waals surface area (Å²) < 4.78 is 1.01. The summed E-state index contributed by atoms with van der Waals surface area (Å²) in [4.78, 5) is 20.9. The number of anilines is 1. The van der Waals surface area contributed by atoms with Crippen molar-refractivity contribution in [3.8, 4) is 0 Å². The predicted octanol–water partition coefficient (Wildman–Crippen LogP) is 3.56. The number of urea groups is 1. The lowest BCUT2D eigenvalue weighted by Crippen LogP contribution is -2.46. The van der Waals surface area contributed by atoms with E-state index in [1.807, 2.05) is 31.3 Å². The van der Waals surface area contributed by atoms with E-state index in [2.05, 4.69) is 38.2 Å². The third kappa shape index (κ3) is 3.82. The van der Waals surface area contributed by atoms with Gasteiger partial charge in [0.15, 0.2) is 0 Å². The molecule has 0 radical (unpaired) electrons. The van der Waals surface area contributed by atoms with E-state index in [9.17, 15) is 4.79 Å². The molecule has 0 saturated carbocycles. The first-order valence-corrected chi connectivity index (χ1v) is 8.60. The summed E-state index contributed by atoms with van der Waals surface area (Å²) in [6, 6.07) is 8.11. The van der Waals surface area contributed by atoms with Crippen LogP contribution in [0.2, 0.25) is 0 Å². The van der Waals surface area contributed by atoms with Gasteiger partial charge in [0.05, 0.1) is 0 Å². The summed E-state index contributed by atoms with van der Waals surface area (Å²) in [6.07, 6.45) is 3.81. The van der Waals surface area contributed by atoms with Gasteiger partial charge < -0.3 is 9.80 Å². The Kier molecular flexibility index (Phi) is 4.82. The smallest absolute Gasteiger partial charge is 0.323 e. The Morgan fingerprint density at radius 2 is 2.04 bits per heavy atom. The Labute approximate surface area is 144 Å². The number of nitrogens with zero attached hydrogens (tertiary/aromatic N) is 3. The number of nitrogens with one attached hydrogen (secondary N) is 1. The number of hydrogen-bond donors (Lipinski definition) is 1. The number of rotatable bonds is 2. The monoisotopic (exact) mass is 376 g/mol. The molecule has 0 spiro atoms. The third-order valence-corrected chi connectivity index (χ3v) is 4.97. The lowest BCUT2D eigenvalue weighted by molar-refractivity contribution is 0.156. The molecular weight excluding hydrogens is 356 g/mol. The second kappa shape index (κ2) is 6.84. The minimum Gasteiger partial charge on any atom is -0.324 e. The summed E-state index contributed by atoms with van der Waals surface area (Å²) >= 11 is 3.47. The number of hydrogen-bond acceptors (Lipinski definition) is 3. The molecule has 1 aromatic carbocycles. The van der Waals surface area contributed by atoms with Crippen molar-refractivity contribution in [3.05, 3.63) is 34.9 Å². The van der Waals surface area contributed by atoms with E-state index in [0.29, 0.717) is 11.9 Å². The second-order valence-electron chi connectivity index (χ2n) is 6.14. The van der Waals surface area contributed by atoms with Crippen LogP contribution in [0.5, 0.6) is 0 Å². The van der Waals surface area contributed by atoms with Gasteiger partial charge in [0.2, 0.25) is 0 Å². The van der Waals surface area contributed by atoms with Crippen molar-refractivity contribution < 1.29 is 4.79 Å². The summed E-state index contributed by atoms with van der Waals surface area (Å²) in [6.45, 7) is 2.06. The fourth-order valence-corrected chi connectivity index (χ4v) is 3.30. The number of likely N-dealkylation sites (tertiary alicyclic amines) is 1. The van der Waals surface area contributed by atoms with Crippen LogP contribution in [0.25, 0.3) is 10.8 Å². The molecule has 0 aliphatic carbocycles. The number of carbonyl (C=O) groups is 1. The molecule has 5 nitrogen and oxygen atoms in total. The molecule has 1 aromatic heterocycles. The molecule has 1 aliphatic rings. The highest BCUT2D eigenvalue weighted by molar-refractivity contribution is 9.10. The van der Waals surface area contributed by atoms with Crippen LogP contribution in [0.3, 0.4) is 0 Å². The van der Waals surface area contributed by atoms with Gasteiger partial charge in [-0.3, -0.25) is 5.32 Å².